The number of aromatic nitrogens is 3. The second-order valence-corrected chi connectivity index (χ2v) is 8.03. The quantitative estimate of drug-likeness (QED) is 0.371. The molecule has 0 unspecified atom stereocenters. The lowest BCUT2D eigenvalue weighted by atomic mass is 10.1. The molecule has 0 atom stereocenters. The number of benzene rings is 2. The Morgan fingerprint density at radius 2 is 1.87 bits per heavy atom. The van der Waals surface area contributed by atoms with Gasteiger partial charge in [-0.1, -0.05) is 42.4 Å². The Morgan fingerprint density at radius 3 is 2.53 bits per heavy atom. The van der Waals surface area contributed by atoms with Gasteiger partial charge in [-0.3, -0.25) is 9.36 Å². The van der Waals surface area contributed by atoms with Crippen molar-refractivity contribution in [3.63, 3.8) is 0 Å². The van der Waals surface area contributed by atoms with Crippen molar-refractivity contribution in [1.82, 2.24) is 20.1 Å². The molecule has 1 amide bonds. The molecule has 1 heterocycles. The van der Waals surface area contributed by atoms with E-state index in [4.69, 9.17) is 16.3 Å². The molecule has 1 aromatic heterocycles. The van der Waals surface area contributed by atoms with Gasteiger partial charge in [-0.05, 0) is 54.8 Å². The minimum atomic E-state index is -0.0416. The van der Waals surface area contributed by atoms with Crippen LogP contribution in [0.4, 0.5) is 0 Å². The zero-order valence-corrected chi connectivity index (χ0v) is 18.7. The highest BCUT2D eigenvalue weighted by molar-refractivity contribution is 7.99. The molecule has 1 N–H and O–H groups in total. The number of hydrogen-bond donors (Lipinski definition) is 1. The van der Waals surface area contributed by atoms with Crippen LogP contribution in [-0.4, -0.2) is 46.7 Å². The van der Waals surface area contributed by atoms with Crippen LogP contribution in [0, 0.1) is 0 Å². The second-order valence-electron chi connectivity index (χ2n) is 6.65. The molecule has 0 radical (unpaired) electrons. The molecule has 3 rings (SSSR count). The van der Waals surface area contributed by atoms with Crippen molar-refractivity contribution >= 4 is 29.3 Å². The third-order valence-electron chi connectivity index (χ3n) is 4.52. The van der Waals surface area contributed by atoms with Crippen molar-refractivity contribution in [3.05, 3.63) is 59.1 Å². The number of halogens is 1. The van der Waals surface area contributed by atoms with E-state index < -0.39 is 0 Å². The number of rotatable bonds is 10. The zero-order valence-electron chi connectivity index (χ0n) is 17.1. The summed E-state index contributed by atoms with van der Waals surface area (Å²) in [4.78, 5) is 12.2. The molecule has 0 bridgehead atoms. The number of aryl methyl sites for hydroxylation is 1. The first-order valence-electron chi connectivity index (χ1n) is 9.81. The molecule has 6 nitrogen and oxygen atoms in total. The van der Waals surface area contributed by atoms with Crippen molar-refractivity contribution in [2.45, 2.75) is 24.9 Å². The minimum Gasteiger partial charge on any atom is -0.385 e. The molecule has 2 aromatic carbocycles. The lowest BCUT2D eigenvalue weighted by Crippen LogP contribution is -2.26. The monoisotopic (exact) mass is 444 g/mol. The van der Waals surface area contributed by atoms with Crippen LogP contribution in [0.1, 0.15) is 18.9 Å². The number of hydrogen-bond acceptors (Lipinski definition) is 5. The highest BCUT2D eigenvalue weighted by Crippen LogP contribution is 2.29. The molecular formula is C22H25ClN4O2S. The number of nitrogens with one attached hydrogen (secondary N) is 1. The number of carbonyl (C=O) groups excluding carboxylic acids is 1. The number of thioether (sulfide) groups is 1. The molecule has 0 aliphatic carbocycles. The van der Waals surface area contributed by atoms with Crippen molar-refractivity contribution in [3.8, 4) is 17.1 Å². The molecule has 0 saturated carbocycles. The van der Waals surface area contributed by atoms with Gasteiger partial charge in [-0.2, -0.15) is 0 Å². The third-order valence-corrected chi connectivity index (χ3v) is 5.70. The van der Waals surface area contributed by atoms with Crippen molar-refractivity contribution < 1.29 is 9.53 Å². The van der Waals surface area contributed by atoms with Crippen LogP contribution in [0.2, 0.25) is 5.02 Å². The predicted molar refractivity (Wildman–Crippen MR) is 121 cm³/mol. The van der Waals surface area contributed by atoms with E-state index in [0.29, 0.717) is 29.2 Å². The first kappa shape index (κ1) is 22.3. The maximum absolute atomic E-state index is 12.2. The molecule has 158 valence electrons. The summed E-state index contributed by atoms with van der Waals surface area (Å²) < 4.78 is 6.98. The zero-order chi connectivity index (χ0) is 21.3. The summed E-state index contributed by atoms with van der Waals surface area (Å²) in [5.41, 5.74) is 3.11. The van der Waals surface area contributed by atoms with E-state index in [0.717, 1.165) is 24.1 Å². The molecule has 0 fully saturated rings. The summed E-state index contributed by atoms with van der Waals surface area (Å²) in [7, 11) is 1.65. The summed E-state index contributed by atoms with van der Waals surface area (Å²) in [5.74, 6) is 0.928. The molecular weight excluding hydrogens is 420 g/mol. The maximum atomic E-state index is 12.2. The largest absolute Gasteiger partial charge is 0.385 e. The minimum absolute atomic E-state index is 0.0416. The van der Waals surface area contributed by atoms with Gasteiger partial charge in [0, 0.05) is 36.5 Å². The van der Waals surface area contributed by atoms with E-state index in [-0.39, 0.29) is 11.7 Å². The lowest BCUT2D eigenvalue weighted by molar-refractivity contribution is -0.118. The van der Waals surface area contributed by atoms with Gasteiger partial charge < -0.3 is 10.1 Å². The first-order chi connectivity index (χ1) is 14.6. The Bertz CT molecular complexity index is 958. The van der Waals surface area contributed by atoms with Crippen molar-refractivity contribution in [2.75, 3.05) is 26.0 Å². The van der Waals surface area contributed by atoms with E-state index in [1.54, 1.807) is 7.11 Å². The Balaban J connectivity index is 1.83. The number of methoxy groups -OCH3 is 1. The van der Waals surface area contributed by atoms with Gasteiger partial charge in [0.1, 0.15) is 0 Å². The highest BCUT2D eigenvalue weighted by Gasteiger charge is 2.17. The summed E-state index contributed by atoms with van der Waals surface area (Å²) in [6.07, 6.45) is 1.75. The Kier molecular flexibility index (Phi) is 8.30. The molecule has 3 aromatic rings. The van der Waals surface area contributed by atoms with Crippen LogP contribution in [-0.2, 0) is 16.0 Å². The maximum Gasteiger partial charge on any atom is 0.230 e. The number of nitrogens with zero attached hydrogens (tertiary/aromatic N) is 3. The molecule has 0 spiro atoms. The number of ether oxygens (including phenoxy) is 1. The molecule has 0 aliphatic heterocycles. The van der Waals surface area contributed by atoms with Crippen LogP contribution in [0.15, 0.2) is 53.7 Å². The smallest absolute Gasteiger partial charge is 0.230 e. The second kappa shape index (κ2) is 11.2. The van der Waals surface area contributed by atoms with E-state index in [2.05, 4.69) is 46.7 Å². The average Bonchev–Trinajstić information content (AvgIpc) is 3.20. The normalized spacial score (nSPS) is 10.9. The standard InChI is InChI=1S/C22H25ClN4O2S/c1-3-16-5-11-19(12-6-16)27-21(17-7-9-18(23)10-8-17)25-26-22(27)30-15-20(28)24-13-4-14-29-2/h5-12H,3-4,13-15H2,1-2H3,(H,24,28). The number of amides is 1. The number of carbonyl (C=O) groups is 1. The van der Waals surface area contributed by atoms with Gasteiger partial charge in [-0.15, -0.1) is 10.2 Å². The van der Waals surface area contributed by atoms with Crippen LogP contribution in [0.25, 0.3) is 17.1 Å². The van der Waals surface area contributed by atoms with Gasteiger partial charge in [0.05, 0.1) is 5.75 Å². The summed E-state index contributed by atoms with van der Waals surface area (Å²) in [5, 5.41) is 13.0. The van der Waals surface area contributed by atoms with Crippen LogP contribution < -0.4 is 5.32 Å². The van der Waals surface area contributed by atoms with E-state index in [9.17, 15) is 4.79 Å². The average molecular weight is 445 g/mol. The Hall–Kier alpha value is -2.35. The summed E-state index contributed by atoms with van der Waals surface area (Å²) in [6, 6.07) is 15.8. The van der Waals surface area contributed by atoms with Crippen molar-refractivity contribution in [1.29, 1.82) is 0 Å². The summed E-state index contributed by atoms with van der Waals surface area (Å²) in [6.45, 7) is 3.34. The van der Waals surface area contributed by atoms with Crippen molar-refractivity contribution in [2.24, 2.45) is 0 Å². The third kappa shape index (κ3) is 5.84. The molecule has 30 heavy (non-hydrogen) atoms. The molecule has 8 heteroatoms. The lowest BCUT2D eigenvalue weighted by Gasteiger charge is -2.11. The van der Waals surface area contributed by atoms with E-state index in [1.807, 2.05) is 28.8 Å². The SMILES string of the molecule is CCc1ccc(-n2c(SCC(=O)NCCCOC)nnc2-c2ccc(Cl)cc2)cc1. The Labute approximate surface area is 186 Å². The fourth-order valence-corrected chi connectivity index (χ4v) is 3.80. The van der Waals surface area contributed by atoms with Crippen LogP contribution >= 0.6 is 23.4 Å². The van der Waals surface area contributed by atoms with E-state index >= 15 is 0 Å². The van der Waals surface area contributed by atoms with E-state index in [1.165, 1.54) is 17.3 Å². The van der Waals surface area contributed by atoms with Crippen LogP contribution in [0.3, 0.4) is 0 Å². The van der Waals surface area contributed by atoms with Gasteiger partial charge >= 0.3 is 0 Å². The van der Waals surface area contributed by atoms with Gasteiger partial charge in [0.25, 0.3) is 0 Å². The summed E-state index contributed by atoms with van der Waals surface area (Å²) >= 11 is 7.40. The molecule has 0 aliphatic rings. The van der Waals surface area contributed by atoms with Gasteiger partial charge in [0.15, 0.2) is 11.0 Å². The van der Waals surface area contributed by atoms with Gasteiger partial charge in [0.2, 0.25) is 5.91 Å². The van der Waals surface area contributed by atoms with Crippen LogP contribution in [0.5, 0.6) is 0 Å². The fraction of sp³-hybridized carbons (Fsp3) is 0.318. The Morgan fingerprint density at radius 1 is 1.13 bits per heavy atom. The fourth-order valence-electron chi connectivity index (χ4n) is 2.89. The molecule has 0 saturated heterocycles. The first-order valence-corrected chi connectivity index (χ1v) is 11.2. The van der Waals surface area contributed by atoms with Gasteiger partial charge in [-0.25, -0.2) is 0 Å². The predicted octanol–water partition coefficient (Wildman–Crippen LogP) is 4.39. The topological polar surface area (TPSA) is 69.0 Å². The highest BCUT2D eigenvalue weighted by atomic mass is 35.5.